The normalized spacial score (nSPS) is 15.0. The van der Waals surface area contributed by atoms with Crippen LogP contribution in [0, 0.1) is 0 Å². The summed E-state index contributed by atoms with van der Waals surface area (Å²) < 4.78 is 85.9. The third-order valence-electron chi connectivity index (χ3n) is 4.13. The van der Waals surface area contributed by atoms with E-state index in [0.29, 0.717) is 47.5 Å². The van der Waals surface area contributed by atoms with Crippen LogP contribution in [-0.2, 0) is 17.6 Å². The fraction of sp³-hybridized carbons (Fsp3) is 0.600. The van der Waals surface area contributed by atoms with Crippen molar-refractivity contribution < 1.29 is 40.7 Å². The summed E-state index contributed by atoms with van der Waals surface area (Å²) in [4.78, 5) is 23.8. The summed E-state index contributed by atoms with van der Waals surface area (Å²) in [6.45, 7) is 0.770. The number of ether oxygens (including phenoxy) is 1. The molecular formula is C15H17F6N3O3S. The number of nitrogens with two attached hydrogens (primary N) is 1. The van der Waals surface area contributed by atoms with E-state index < -0.39 is 47.2 Å². The number of thiophene rings is 1. The van der Waals surface area contributed by atoms with Gasteiger partial charge >= 0.3 is 24.1 Å². The lowest BCUT2D eigenvalue weighted by Crippen LogP contribution is -2.72. The van der Waals surface area contributed by atoms with Gasteiger partial charge in [-0.3, -0.25) is 10.1 Å². The molecule has 1 aromatic heterocycles. The number of aryl methyl sites for hydroxylation is 1. The zero-order valence-electron chi connectivity index (χ0n) is 14.5. The molecule has 158 valence electrons. The Morgan fingerprint density at radius 3 is 2.18 bits per heavy atom. The standard InChI is InChI=1S/C15H17F6N3O3S/c1-2-27-12(26)24-13(14(16,17)18,15(19,20)21)23-11-9(10(22)25)7-5-3-4-6-8(7)28-11/h23H,2-6H2,1H3,(H2,22,25)(H,24,26). The highest BCUT2D eigenvalue weighted by molar-refractivity contribution is 7.16. The Kier molecular flexibility index (Phi) is 6.07. The van der Waals surface area contributed by atoms with Crippen molar-refractivity contribution in [2.24, 2.45) is 5.73 Å². The fourth-order valence-corrected chi connectivity index (χ4v) is 4.23. The van der Waals surface area contributed by atoms with Crippen molar-refractivity contribution in [3.63, 3.8) is 0 Å². The average molecular weight is 433 g/mol. The van der Waals surface area contributed by atoms with Gasteiger partial charge in [-0.05, 0) is 38.2 Å². The average Bonchev–Trinajstić information content (AvgIpc) is 2.90. The Labute approximate surface area is 159 Å². The van der Waals surface area contributed by atoms with E-state index in [1.54, 1.807) is 0 Å². The first-order valence-electron chi connectivity index (χ1n) is 8.15. The van der Waals surface area contributed by atoms with Crippen LogP contribution in [0.15, 0.2) is 0 Å². The van der Waals surface area contributed by atoms with Crippen LogP contribution in [0.3, 0.4) is 0 Å². The molecular weight excluding hydrogens is 416 g/mol. The molecule has 1 aliphatic rings. The van der Waals surface area contributed by atoms with Gasteiger partial charge in [0.25, 0.3) is 5.91 Å². The topological polar surface area (TPSA) is 93.4 Å². The number of rotatable bonds is 5. The minimum atomic E-state index is -6.02. The SMILES string of the molecule is CCOC(=O)NC(Nc1sc2c(c1C(N)=O)CCCC2)(C(F)(F)F)C(F)(F)F. The number of carbonyl (C=O) groups excluding carboxylic acids is 2. The zero-order valence-corrected chi connectivity index (χ0v) is 15.3. The summed E-state index contributed by atoms with van der Waals surface area (Å²) in [7, 11) is 0. The van der Waals surface area contributed by atoms with E-state index in [4.69, 9.17) is 5.73 Å². The van der Waals surface area contributed by atoms with Crippen molar-refractivity contribution >= 4 is 28.3 Å². The van der Waals surface area contributed by atoms with E-state index >= 15 is 0 Å². The first kappa shape index (κ1) is 22.1. The number of alkyl carbamates (subject to hydrolysis) is 1. The van der Waals surface area contributed by atoms with Crippen LogP contribution in [0.25, 0.3) is 0 Å². The molecule has 13 heteroatoms. The van der Waals surface area contributed by atoms with Gasteiger partial charge in [0.1, 0.15) is 5.00 Å². The number of hydrogen-bond acceptors (Lipinski definition) is 5. The number of amides is 2. The maximum atomic E-state index is 13.6. The summed E-state index contributed by atoms with van der Waals surface area (Å²) >= 11 is 0.586. The number of primary amides is 1. The Bertz CT molecular complexity index is 745. The summed E-state index contributed by atoms with van der Waals surface area (Å²) in [5, 5.41) is 1.46. The lowest BCUT2D eigenvalue weighted by molar-refractivity contribution is -0.294. The van der Waals surface area contributed by atoms with Crippen LogP contribution in [-0.4, -0.2) is 36.6 Å². The molecule has 2 amide bonds. The lowest BCUT2D eigenvalue weighted by Gasteiger charge is -2.38. The molecule has 1 aliphatic carbocycles. The van der Waals surface area contributed by atoms with E-state index in [-0.39, 0.29) is 0 Å². The predicted molar refractivity (Wildman–Crippen MR) is 88.1 cm³/mol. The van der Waals surface area contributed by atoms with Crippen LogP contribution in [0.1, 0.15) is 40.6 Å². The number of anilines is 1. The van der Waals surface area contributed by atoms with Crippen LogP contribution >= 0.6 is 11.3 Å². The quantitative estimate of drug-likeness (QED) is 0.488. The zero-order chi connectivity index (χ0) is 21.3. The molecule has 1 heterocycles. The smallest absolute Gasteiger partial charge is 0.439 e. The third-order valence-corrected chi connectivity index (χ3v) is 5.34. The predicted octanol–water partition coefficient (Wildman–Crippen LogP) is 3.70. The molecule has 0 atom stereocenters. The van der Waals surface area contributed by atoms with Gasteiger partial charge in [-0.15, -0.1) is 11.3 Å². The van der Waals surface area contributed by atoms with Gasteiger partial charge in [-0.25, -0.2) is 4.79 Å². The maximum Gasteiger partial charge on any atom is 0.439 e. The maximum absolute atomic E-state index is 13.6. The highest BCUT2D eigenvalue weighted by Gasteiger charge is 2.73. The number of hydrogen-bond donors (Lipinski definition) is 3. The molecule has 2 rings (SSSR count). The Morgan fingerprint density at radius 2 is 1.68 bits per heavy atom. The van der Waals surface area contributed by atoms with E-state index in [2.05, 4.69) is 4.74 Å². The van der Waals surface area contributed by atoms with Crippen molar-refractivity contribution in [2.75, 3.05) is 11.9 Å². The highest BCUT2D eigenvalue weighted by atomic mass is 32.1. The summed E-state index contributed by atoms with van der Waals surface area (Å²) in [6, 6.07) is 0. The molecule has 0 fully saturated rings. The van der Waals surface area contributed by atoms with E-state index in [1.165, 1.54) is 12.2 Å². The van der Waals surface area contributed by atoms with E-state index in [9.17, 15) is 35.9 Å². The molecule has 0 bridgehead atoms. The van der Waals surface area contributed by atoms with Crippen molar-refractivity contribution in [3.8, 4) is 0 Å². The number of nitrogens with one attached hydrogen (secondary N) is 2. The summed E-state index contributed by atoms with van der Waals surface area (Å²) in [6.07, 6.45) is -12.0. The molecule has 0 unspecified atom stereocenters. The van der Waals surface area contributed by atoms with Crippen molar-refractivity contribution in [1.82, 2.24) is 5.32 Å². The van der Waals surface area contributed by atoms with Gasteiger partial charge < -0.3 is 15.8 Å². The highest BCUT2D eigenvalue weighted by Crippen LogP contribution is 2.47. The minimum absolute atomic E-state index is 0.308. The second-order valence-corrected chi connectivity index (χ2v) is 7.10. The van der Waals surface area contributed by atoms with Crippen molar-refractivity contribution in [2.45, 2.75) is 50.6 Å². The second-order valence-electron chi connectivity index (χ2n) is 6.00. The van der Waals surface area contributed by atoms with Crippen molar-refractivity contribution in [3.05, 3.63) is 16.0 Å². The summed E-state index contributed by atoms with van der Waals surface area (Å²) in [5.74, 6) is -1.16. The number of alkyl halides is 6. The van der Waals surface area contributed by atoms with E-state index in [1.807, 2.05) is 0 Å². The van der Waals surface area contributed by atoms with Crippen molar-refractivity contribution in [1.29, 1.82) is 0 Å². The second kappa shape index (κ2) is 7.68. The lowest BCUT2D eigenvalue weighted by atomic mass is 9.95. The Hall–Kier alpha value is -2.18. The fourth-order valence-electron chi connectivity index (χ4n) is 2.88. The van der Waals surface area contributed by atoms with Gasteiger partial charge in [0.05, 0.1) is 12.2 Å². The van der Waals surface area contributed by atoms with Gasteiger partial charge in [0.15, 0.2) is 0 Å². The molecule has 28 heavy (non-hydrogen) atoms. The van der Waals surface area contributed by atoms with Gasteiger partial charge in [0.2, 0.25) is 0 Å². The molecule has 0 aromatic carbocycles. The molecule has 1 aromatic rings. The molecule has 0 aliphatic heterocycles. The summed E-state index contributed by atoms with van der Waals surface area (Å²) in [5.41, 5.74) is 0.257. The van der Waals surface area contributed by atoms with Crippen LogP contribution in [0.5, 0.6) is 0 Å². The first-order valence-corrected chi connectivity index (χ1v) is 8.96. The number of halogens is 6. The van der Waals surface area contributed by atoms with E-state index in [0.717, 1.165) is 5.32 Å². The van der Waals surface area contributed by atoms with Crippen LogP contribution in [0.4, 0.5) is 36.1 Å². The number of fused-ring (bicyclic) bond motifs is 1. The van der Waals surface area contributed by atoms with Gasteiger partial charge in [-0.2, -0.15) is 26.3 Å². The van der Waals surface area contributed by atoms with Gasteiger partial charge in [-0.1, -0.05) is 0 Å². The molecule has 0 spiro atoms. The Balaban J connectivity index is 2.61. The minimum Gasteiger partial charge on any atom is -0.450 e. The molecule has 4 N–H and O–H groups in total. The van der Waals surface area contributed by atoms with Crippen LogP contribution in [0.2, 0.25) is 0 Å². The molecule has 0 saturated carbocycles. The largest absolute Gasteiger partial charge is 0.450 e. The third kappa shape index (κ3) is 3.98. The molecule has 0 saturated heterocycles. The van der Waals surface area contributed by atoms with Crippen LogP contribution < -0.4 is 16.4 Å². The van der Waals surface area contributed by atoms with Gasteiger partial charge in [0, 0.05) is 4.88 Å². The Morgan fingerprint density at radius 1 is 1.11 bits per heavy atom. The number of carbonyl (C=O) groups is 2. The monoisotopic (exact) mass is 433 g/mol. The molecule has 6 nitrogen and oxygen atoms in total. The first-order chi connectivity index (χ1) is 12.8. The molecule has 0 radical (unpaired) electrons.